The van der Waals surface area contributed by atoms with Gasteiger partial charge in [-0.3, -0.25) is 24.0 Å². The van der Waals surface area contributed by atoms with Gasteiger partial charge in [0.15, 0.2) is 0 Å². The van der Waals surface area contributed by atoms with Crippen molar-refractivity contribution in [3.05, 3.63) is 71.8 Å². The van der Waals surface area contributed by atoms with Gasteiger partial charge in [0.1, 0.15) is 43.5 Å². The quantitative estimate of drug-likeness (QED) is 0.101. The third-order valence-corrected chi connectivity index (χ3v) is 9.82. The molecule has 0 spiro atoms. The Hall–Kier alpha value is -5.47. The highest BCUT2D eigenvalue weighted by Crippen LogP contribution is 2.21. The largest absolute Gasteiger partial charge is 0.461 e. The maximum Gasteiger partial charge on any atom is 0.408 e. The summed E-state index contributed by atoms with van der Waals surface area (Å²) in [6.07, 6.45) is 0.578. The van der Waals surface area contributed by atoms with Gasteiger partial charge in [0.2, 0.25) is 23.6 Å². The van der Waals surface area contributed by atoms with E-state index in [-0.39, 0.29) is 31.7 Å². The van der Waals surface area contributed by atoms with Crippen LogP contribution in [0.1, 0.15) is 105 Å². The van der Waals surface area contributed by atoms with E-state index in [1.807, 2.05) is 39.8 Å². The first-order valence-electron chi connectivity index (χ1n) is 20.6. The number of hydrogen-bond acceptors (Lipinski definition) is 10. The van der Waals surface area contributed by atoms with Gasteiger partial charge in [0, 0.05) is 13.1 Å². The number of nitrogens with one attached hydrogen (secondary N) is 4. The summed E-state index contributed by atoms with van der Waals surface area (Å²) in [6.45, 7) is 13.4. The van der Waals surface area contributed by atoms with Crippen LogP contribution in [0.3, 0.4) is 0 Å². The molecule has 1 fully saturated rings. The molecule has 0 unspecified atom stereocenters. The highest BCUT2D eigenvalue weighted by atomic mass is 16.6. The molecule has 4 N–H and O–H groups in total. The minimum atomic E-state index is -1.60. The minimum Gasteiger partial charge on any atom is -0.461 e. The van der Waals surface area contributed by atoms with E-state index in [0.717, 1.165) is 18.4 Å². The molecule has 1 aliphatic heterocycles. The molecule has 15 nitrogen and oxygen atoms in total. The van der Waals surface area contributed by atoms with E-state index in [1.165, 1.54) is 0 Å². The molecule has 2 aromatic carbocycles. The van der Waals surface area contributed by atoms with Crippen LogP contribution in [0, 0.1) is 11.3 Å². The lowest BCUT2D eigenvalue weighted by atomic mass is 9.86. The van der Waals surface area contributed by atoms with Gasteiger partial charge < -0.3 is 40.4 Å². The van der Waals surface area contributed by atoms with Gasteiger partial charge in [-0.15, -0.1) is 0 Å². The third-order valence-electron chi connectivity index (χ3n) is 9.82. The van der Waals surface area contributed by atoms with Gasteiger partial charge >= 0.3 is 18.0 Å². The Morgan fingerprint density at radius 1 is 0.661 bits per heavy atom. The van der Waals surface area contributed by atoms with Crippen molar-refractivity contribution in [2.75, 3.05) is 13.1 Å². The second-order valence-corrected chi connectivity index (χ2v) is 16.3. The van der Waals surface area contributed by atoms with E-state index in [4.69, 9.17) is 14.2 Å². The third kappa shape index (κ3) is 16.7. The molecule has 3 rings (SSSR count). The van der Waals surface area contributed by atoms with E-state index in [9.17, 15) is 33.6 Å². The van der Waals surface area contributed by atoms with Crippen LogP contribution in [-0.2, 0) is 56.2 Å². The predicted octanol–water partition coefficient (Wildman–Crippen LogP) is 4.71. The van der Waals surface area contributed by atoms with Crippen LogP contribution in [0.2, 0.25) is 0 Å². The Balaban J connectivity index is 1.90. The molecule has 0 aromatic heterocycles. The van der Waals surface area contributed by atoms with Gasteiger partial charge in [0.05, 0.1) is 12.8 Å². The fraction of sp³-hybridized carbons (Fsp3) is 0.568. The maximum atomic E-state index is 14.2. The molecule has 1 aliphatic rings. The molecule has 0 saturated carbocycles. The van der Waals surface area contributed by atoms with Gasteiger partial charge in [-0.2, -0.15) is 0 Å². The smallest absolute Gasteiger partial charge is 0.408 e. The standard InChI is InChI=1S/C44H63N5O10/c1-8-32(9-2)59-43(56)48-38(44(5,6)7)41(54)46-33(25-36(50)49-22-16-17-23-49)39(52)45-34(26-37(51)57-27-30-18-12-10-13-19-30)40(53)47-35(24-29(3)4)42(55)58-28-31-20-14-11-15-21-31/h10-15,18-21,29,32-35,38H,8-9,16-17,22-28H2,1-7H3,(H,45,52)(H,46,54)(H,47,53)(H,48,56)/t33-,34-,35-,38+/m0/s1. The van der Waals surface area contributed by atoms with Crippen LogP contribution in [0.5, 0.6) is 0 Å². The summed E-state index contributed by atoms with van der Waals surface area (Å²) >= 11 is 0. The number of ether oxygens (including phenoxy) is 3. The van der Waals surface area contributed by atoms with Crippen molar-refractivity contribution < 1.29 is 47.8 Å². The number of esters is 2. The molecule has 4 atom stereocenters. The predicted molar refractivity (Wildman–Crippen MR) is 220 cm³/mol. The molecule has 59 heavy (non-hydrogen) atoms. The second kappa shape index (κ2) is 23.8. The zero-order chi connectivity index (χ0) is 43.5. The summed E-state index contributed by atoms with van der Waals surface area (Å²) in [5.41, 5.74) is 0.561. The van der Waals surface area contributed by atoms with Crippen molar-refractivity contribution in [2.45, 2.75) is 137 Å². The van der Waals surface area contributed by atoms with E-state index >= 15 is 0 Å². The van der Waals surface area contributed by atoms with E-state index in [1.54, 1.807) is 74.2 Å². The molecule has 0 radical (unpaired) electrons. The van der Waals surface area contributed by atoms with Crippen molar-refractivity contribution in [1.82, 2.24) is 26.2 Å². The first kappa shape index (κ1) is 47.9. The second-order valence-electron chi connectivity index (χ2n) is 16.3. The Kier molecular flexibility index (Phi) is 19.3. The lowest BCUT2D eigenvalue weighted by Gasteiger charge is -2.32. The number of carbonyl (C=O) groups is 7. The van der Waals surface area contributed by atoms with Crippen LogP contribution in [0.25, 0.3) is 0 Å². The minimum absolute atomic E-state index is 0.0392. The van der Waals surface area contributed by atoms with Gasteiger partial charge in [-0.25, -0.2) is 9.59 Å². The SMILES string of the molecule is CCC(CC)OC(=O)N[C@H](C(=O)N[C@@H](CC(=O)N1CCCC1)C(=O)N[C@@H](CC(=O)OCc1ccccc1)C(=O)N[C@@H](CC(C)C)C(=O)OCc1ccccc1)C(C)(C)C. The summed E-state index contributed by atoms with van der Waals surface area (Å²) in [4.78, 5) is 96.9. The molecule has 0 bridgehead atoms. The van der Waals surface area contributed by atoms with E-state index in [2.05, 4.69) is 21.3 Å². The van der Waals surface area contributed by atoms with E-state index < -0.39 is 84.1 Å². The highest BCUT2D eigenvalue weighted by Gasteiger charge is 2.38. The van der Waals surface area contributed by atoms with Gasteiger partial charge in [-0.05, 0) is 54.6 Å². The molecule has 15 heteroatoms. The average Bonchev–Trinajstić information content (AvgIpc) is 3.75. The normalized spacial score (nSPS) is 14.7. The molecule has 324 valence electrons. The molecule has 5 amide bonds. The summed E-state index contributed by atoms with van der Waals surface area (Å²) < 4.78 is 16.5. The number of carbonyl (C=O) groups excluding carboxylic acids is 7. The monoisotopic (exact) mass is 821 g/mol. The number of likely N-dealkylation sites (tertiary alicyclic amines) is 1. The lowest BCUT2D eigenvalue weighted by Crippen LogP contribution is -2.60. The zero-order valence-corrected chi connectivity index (χ0v) is 35.5. The number of amides is 5. The van der Waals surface area contributed by atoms with Crippen LogP contribution in [0.15, 0.2) is 60.7 Å². The van der Waals surface area contributed by atoms with Crippen molar-refractivity contribution in [1.29, 1.82) is 0 Å². The van der Waals surface area contributed by atoms with Crippen LogP contribution in [-0.4, -0.2) is 89.9 Å². The Bertz CT molecular complexity index is 1690. The van der Waals surface area contributed by atoms with Crippen molar-refractivity contribution in [3.63, 3.8) is 0 Å². The maximum absolute atomic E-state index is 14.2. The molecule has 1 saturated heterocycles. The van der Waals surface area contributed by atoms with Crippen LogP contribution >= 0.6 is 0 Å². The molecular formula is C44H63N5O10. The van der Waals surface area contributed by atoms with Crippen molar-refractivity contribution in [3.8, 4) is 0 Å². The topological polar surface area (TPSA) is 199 Å². The fourth-order valence-corrected chi connectivity index (χ4v) is 6.40. The Labute approximate surface area is 348 Å². The van der Waals surface area contributed by atoms with Crippen LogP contribution < -0.4 is 21.3 Å². The molecular weight excluding hydrogens is 759 g/mol. The van der Waals surface area contributed by atoms with Gasteiger partial charge in [0.25, 0.3) is 0 Å². The summed E-state index contributed by atoms with van der Waals surface area (Å²) in [5.74, 6) is -4.61. The number of benzene rings is 2. The highest BCUT2D eigenvalue weighted by molar-refractivity contribution is 5.98. The Morgan fingerprint density at radius 2 is 1.15 bits per heavy atom. The first-order valence-corrected chi connectivity index (χ1v) is 20.6. The number of hydrogen-bond donors (Lipinski definition) is 4. The molecule has 0 aliphatic carbocycles. The summed E-state index contributed by atoms with van der Waals surface area (Å²) in [6, 6.07) is 12.4. The molecule has 2 aromatic rings. The van der Waals surface area contributed by atoms with Gasteiger partial charge in [-0.1, -0.05) is 109 Å². The van der Waals surface area contributed by atoms with Crippen LogP contribution in [0.4, 0.5) is 4.79 Å². The Morgan fingerprint density at radius 3 is 1.66 bits per heavy atom. The number of nitrogens with zero attached hydrogens (tertiary/aromatic N) is 1. The number of alkyl carbamates (subject to hydrolysis) is 1. The summed E-state index contributed by atoms with van der Waals surface area (Å²) in [5, 5.41) is 10.5. The van der Waals surface area contributed by atoms with Crippen molar-refractivity contribution in [2.24, 2.45) is 11.3 Å². The van der Waals surface area contributed by atoms with E-state index in [0.29, 0.717) is 31.5 Å². The zero-order valence-electron chi connectivity index (χ0n) is 35.5. The average molecular weight is 822 g/mol. The first-order chi connectivity index (χ1) is 28.0. The lowest BCUT2D eigenvalue weighted by molar-refractivity contribution is -0.150. The molecule has 1 heterocycles. The van der Waals surface area contributed by atoms with Crippen molar-refractivity contribution >= 4 is 41.7 Å². The fourth-order valence-electron chi connectivity index (χ4n) is 6.40. The number of rotatable bonds is 21. The summed E-state index contributed by atoms with van der Waals surface area (Å²) in [7, 11) is 0.